The van der Waals surface area contributed by atoms with Crippen molar-refractivity contribution in [3.8, 4) is 0 Å². The maximum absolute atomic E-state index is 12.0. The van der Waals surface area contributed by atoms with Crippen LogP contribution in [-0.2, 0) is 9.59 Å². The summed E-state index contributed by atoms with van der Waals surface area (Å²) >= 11 is 0. The van der Waals surface area contributed by atoms with Gasteiger partial charge in [-0.05, 0) is 30.9 Å². The lowest BCUT2D eigenvalue weighted by molar-refractivity contribution is -0.141. The van der Waals surface area contributed by atoms with Crippen molar-refractivity contribution in [1.82, 2.24) is 10.3 Å². The summed E-state index contributed by atoms with van der Waals surface area (Å²) in [6, 6.07) is 2.00. The molecule has 0 unspecified atom stereocenters. The minimum atomic E-state index is -1.10. The Hall–Kier alpha value is -2.24. The molecule has 6 nitrogen and oxygen atoms in total. The van der Waals surface area contributed by atoms with Gasteiger partial charge in [-0.3, -0.25) is 14.6 Å². The van der Waals surface area contributed by atoms with Crippen LogP contribution in [0.5, 0.6) is 0 Å². The standard InChI is InChI=1S/C14H16N2O4/c17-11-3-1-2-10(8-11)12(14(19)20)16-13(18)9-4-6-15-7-5-9/h4-7,10,12H,1-3,8H2,(H,16,18)(H,19,20)/t10-,12-/m0/s1. The van der Waals surface area contributed by atoms with Crippen LogP contribution in [-0.4, -0.2) is 33.8 Å². The molecule has 106 valence electrons. The third-order valence-electron chi connectivity index (χ3n) is 3.49. The van der Waals surface area contributed by atoms with E-state index in [1.165, 1.54) is 24.5 Å². The van der Waals surface area contributed by atoms with Gasteiger partial charge in [-0.15, -0.1) is 0 Å². The van der Waals surface area contributed by atoms with E-state index in [4.69, 9.17) is 0 Å². The van der Waals surface area contributed by atoms with Gasteiger partial charge >= 0.3 is 5.97 Å². The molecule has 6 heteroatoms. The molecule has 0 aliphatic heterocycles. The van der Waals surface area contributed by atoms with Gasteiger partial charge in [-0.1, -0.05) is 0 Å². The zero-order chi connectivity index (χ0) is 14.5. The first-order chi connectivity index (χ1) is 9.58. The van der Waals surface area contributed by atoms with E-state index in [2.05, 4.69) is 10.3 Å². The average molecular weight is 276 g/mol. The van der Waals surface area contributed by atoms with Gasteiger partial charge in [0, 0.05) is 30.8 Å². The first kappa shape index (κ1) is 14.2. The molecular formula is C14H16N2O4. The molecule has 1 aliphatic carbocycles. The number of carbonyl (C=O) groups is 3. The number of aromatic nitrogens is 1. The van der Waals surface area contributed by atoms with Crippen molar-refractivity contribution in [2.75, 3.05) is 0 Å². The van der Waals surface area contributed by atoms with E-state index >= 15 is 0 Å². The first-order valence-corrected chi connectivity index (χ1v) is 6.53. The maximum atomic E-state index is 12.0. The maximum Gasteiger partial charge on any atom is 0.326 e. The highest BCUT2D eigenvalue weighted by molar-refractivity contribution is 5.96. The Balaban J connectivity index is 2.08. The lowest BCUT2D eigenvalue weighted by Crippen LogP contribution is -2.47. The molecule has 2 N–H and O–H groups in total. The highest BCUT2D eigenvalue weighted by Crippen LogP contribution is 2.24. The number of nitrogens with zero attached hydrogens (tertiary/aromatic N) is 1. The van der Waals surface area contributed by atoms with Crippen LogP contribution < -0.4 is 5.32 Å². The SMILES string of the molecule is O=C1CCC[C@H]([C@H](NC(=O)c2ccncc2)C(=O)O)C1. The van der Waals surface area contributed by atoms with E-state index in [1.54, 1.807) is 0 Å². The number of carboxylic acids is 1. The molecule has 1 heterocycles. The molecule has 1 saturated carbocycles. The van der Waals surface area contributed by atoms with Crippen molar-refractivity contribution < 1.29 is 19.5 Å². The molecule has 20 heavy (non-hydrogen) atoms. The zero-order valence-corrected chi connectivity index (χ0v) is 10.9. The van der Waals surface area contributed by atoms with Crippen LogP contribution >= 0.6 is 0 Å². The summed E-state index contributed by atoms with van der Waals surface area (Å²) in [5.74, 6) is -1.84. The van der Waals surface area contributed by atoms with Gasteiger partial charge in [-0.2, -0.15) is 0 Å². The molecule has 1 aliphatic rings. The number of hydrogen-bond donors (Lipinski definition) is 2. The third kappa shape index (κ3) is 3.40. The fourth-order valence-corrected chi connectivity index (χ4v) is 2.45. The molecule has 0 bridgehead atoms. The van der Waals surface area contributed by atoms with Crippen molar-refractivity contribution in [2.45, 2.75) is 31.7 Å². The Morgan fingerprint density at radius 3 is 2.65 bits per heavy atom. The Morgan fingerprint density at radius 1 is 1.35 bits per heavy atom. The highest BCUT2D eigenvalue weighted by atomic mass is 16.4. The molecule has 1 aromatic heterocycles. The Kier molecular flexibility index (Phi) is 4.45. The minimum absolute atomic E-state index is 0.0608. The summed E-state index contributed by atoms with van der Waals surface area (Å²) in [4.78, 5) is 38.6. The summed E-state index contributed by atoms with van der Waals surface area (Å²) in [6.45, 7) is 0. The van der Waals surface area contributed by atoms with Crippen molar-refractivity contribution in [3.63, 3.8) is 0 Å². The van der Waals surface area contributed by atoms with E-state index in [-0.39, 0.29) is 18.1 Å². The number of amides is 1. The van der Waals surface area contributed by atoms with Crippen LogP contribution in [0.3, 0.4) is 0 Å². The van der Waals surface area contributed by atoms with Gasteiger partial charge in [0.25, 0.3) is 5.91 Å². The molecule has 2 atom stereocenters. The summed E-state index contributed by atoms with van der Waals surface area (Å²) < 4.78 is 0. The minimum Gasteiger partial charge on any atom is -0.480 e. The van der Waals surface area contributed by atoms with Crippen molar-refractivity contribution in [1.29, 1.82) is 0 Å². The molecular weight excluding hydrogens is 260 g/mol. The van der Waals surface area contributed by atoms with Crippen LogP contribution in [0.2, 0.25) is 0 Å². The molecule has 1 amide bonds. The summed E-state index contributed by atoms with van der Waals surface area (Å²) in [5.41, 5.74) is 0.355. The molecule has 0 saturated heterocycles. The molecule has 0 spiro atoms. The average Bonchev–Trinajstić information content (AvgIpc) is 2.45. The summed E-state index contributed by atoms with van der Waals surface area (Å²) in [7, 11) is 0. The molecule has 0 aromatic carbocycles. The quantitative estimate of drug-likeness (QED) is 0.856. The van der Waals surface area contributed by atoms with E-state index < -0.39 is 17.9 Å². The third-order valence-corrected chi connectivity index (χ3v) is 3.49. The van der Waals surface area contributed by atoms with Gasteiger partial charge < -0.3 is 10.4 Å². The Labute approximate surface area is 116 Å². The number of aliphatic carboxylic acids is 1. The van der Waals surface area contributed by atoms with Gasteiger partial charge in [0.15, 0.2) is 0 Å². The van der Waals surface area contributed by atoms with Crippen LogP contribution in [0.4, 0.5) is 0 Å². The number of Topliss-reactive ketones (excluding diaryl/α,β-unsaturated/α-hetero) is 1. The topological polar surface area (TPSA) is 96.4 Å². The fourth-order valence-electron chi connectivity index (χ4n) is 2.45. The number of carbonyl (C=O) groups excluding carboxylic acids is 2. The number of carboxylic acid groups (broad SMARTS) is 1. The number of ketones is 1. The Morgan fingerprint density at radius 2 is 2.05 bits per heavy atom. The van der Waals surface area contributed by atoms with E-state index in [0.29, 0.717) is 24.8 Å². The lowest BCUT2D eigenvalue weighted by atomic mass is 9.83. The molecule has 1 aromatic rings. The number of rotatable bonds is 4. The van der Waals surface area contributed by atoms with Gasteiger partial charge in [-0.25, -0.2) is 4.79 Å². The number of hydrogen-bond acceptors (Lipinski definition) is 4. The lowest BCUT2D eigenvalue weighted by Gasteiger charge is -2.27. The Bertz CT molecular complexity index is 515. The highest BCUT2D eigenvalue weighted by Gasteiger charge is 2.33. The van der Waals surface area contributed by atoms with Crippen molar-refractivity contribution >= 4 is 17.7 Å². The van der Waals surface area contributed by atoms with Crippen LogP contribution in [0.15, 0.2) is 24.5 Å². The fraction of sp³-hybridized carbons (Fsp3) is 0.429. The largest absolute Gasteiger partial charge is 0.480 e. The second-order valence-corrected chi connectivity index (χ2v) is 4.92. The second kappa shape index (κ2) is 6.27. The molecule has 0 radical (unpaired) electrons. The summed E-state index contributed by atoms with van der Waals surface area (Å²) in [6.07, 6.45) is 4.97. The predicted molar refractivity (Wildman–Crippen MR) is 70.1 cm³/mol. The zero-order valence-electron chi connectivity index (χ0n) is 10.9. The van der Waals surface area contributed by atoms with E-state index in [9.17, 15) is 19.5 Å². The smallest absolute Gasteiger partial charge is 0.326 e. The van der Waals surface area contributed by atoms with Crippen LogP contribution in [0, 0.1) is 5.92 Å². The van der Waals surface area contributed by atoms with Crippen molar-refractivity contribution in [2.24, 2.45) is 5.92 Å². The normalized spacial score (nSPS) is 20.2. The monoisotopic (exact) mass is 276 g/mol. The predicted octanol–water partition coefficient (Wildman–Crippen LogP) is 1.02. The van der Waals surface area contributed by atoms with Crippen LogP contribution in [0.25, 0.3) is 0 Å². The molecule has 2 rings (SSSR count). The second-order valence-electron chi connectivity index (χ2n) is 4.92. The van der Waals surface area contributed by atoms with Gasteiger partial charge in [0.1, 0.15) is 11.8 Å². The van der Waals surface area contributed by atoms with E-state index in [0.717, 1.165) is 0 Å². The van der Waals surface area contributed by atoms with Gasteiger partial charge in [0.05, 0.1) is 0 Å². The summed E-state index contributed by atoms with van der Waals surface area (Å²) in [5, 5.41) is 11.8. The van der Waals surface area contributed by atoms with Gasteiger partial charge in [0.2, 0.25) is 0 Å². The molecule has 1 fully saturated rings. The first-order valence-electron chi connectivity index (χ1n) is 6.53. The number of pyridine rings is 1. The number of nitrogens with one attached hydrogen (secondary N) is 1. The van der Waals surface area contributed by atoms with Crippen LogP contribution in [0.1, 0.15) is 36.0 Å². The van der Waals surface area contributed by atoms with Crippen molar-refractivity contribution in [3.05, 3.63) is 30.1 Å². The van der Waals surface area contributed by atoms with E-state index in [1.807, 2.05) is 0 Å².